The number of carbonyl (C=O) groups excluding carboxylic acids is 1. The van der Waals surface area contributed by atoms with E-state index in [0.717, 1.165) is 5.70 Å². The Balaban J connectivity index is 2.86. The lowest BCUT2D eigenvalue weighted by Crippen LogP contribution is -1.94. The van der Waals surface area contributed by atoms with Crippen molar-refractivity contribution < 1.29 is 4.79 Å². The zero-order valence-electron chi connectivity index (χ0n) is 6.79. The number of carbonyl (C=O) groups is 1. The van der Waals surface area contributed by atoms with Gasteiger partial charge in [0.05, 0.1) is 5.70 Å². The molecule has 1 aliphatic rings. The third-order valence-electron chi connectivity index (χ3n) is 1.55. The molecule has 0 radical (unpaired) electrons. The number of nitrogens with zero attached hydrogens (tertiary/aromatic N) is 2. The molecule has 12 heavy (non-hydrogen) atoms. The highest BCUT2D eigenvalue weighted by atomic mass is 16.2. The molecular weight excluding hydrogens is 152 g/mol. The largest absolute Gasteiger partial charge is 0.293 e. The van der Waals surface area contributed by atoms with Crippen molar-refractivity contribution in [3.05, 3.63) is 36.6 Å². The zero-order chi connectivity index (χ0) is 8.97. The van der Waals surface area contributed by atoms with Crippen LogP contribution in [0.15, 0.2) is 46.8 Å². The Hall–Kier alpha value is -1.51. The zero-order valence-corrected chi connectivity index (χ0v) is 6.79. The maximum absolute atomic E-state index is 11.0. The lowest BCUT2D eigenvalue weighted by Gasteiger charge is -1.95. The van der Waals surface area contributed by atoms with Gasteiger partial charge in [0, 0.05) is 12.0 Å². The molecule has 0 saturated heterocycles. The van der Waals surface area contributed by atoms with Gasteiger partial charge in [0.25, 0.3) is 5.91 Å². The van der Waals surface area contributed by atoms with Crippen LogP contribution >= 0.6 is 0 Å². The minimum Gasteiger partial charge on any atom is -0.265 e. The lowest BCUT2D eigenvalue weighted by molar-refractivity contribution is -0.114. The fraction of sp³-hybridized carbons (Fsp3) is 0.222. The van der Waals surface area contributed by atoms with Crippen molar-refractivity contribution in [3.8, 4) is 0 Å². The summed E-state index contributed by atoms with van der Waals surface area (Å²) in [5.74, 6) is -0.244. The van der Waals surface area contributed by atoms with Crippen LogP contribution in [0.25, 0.3) is 0 Å². The second kappa shape index (κ2) is 3.76. The minimum atomic E-state index is -0.244. The molecule has 0 saturated carbocycles. The number of hydrogen-bond donors (Lipinski definition) is 0. The molecular formula is C9H10N2O. The van der Waals surface area contributed by atoms with Crippen LogP contribution in [0.1, 0.15) is 12.8 Å². The maximum Gasteiger partial charge on any atom is 0.293 e. The van der Waals surface area contributed by atoms with Crippen molar-refractivity contribution in [3.63, 3.8) is 0 Å². The number of allylic oxidation sites excluding steroid dienone is 2. The molecule has 3 heteroatoms. The van der Waals surface area contributed by atoms with Gasteiger partial charge in [-0.2, -0.15) is 5.11 Å². The second-order valence-corrected chi connectivity index (χ2v) is 2.42. The third-order valence-corrected chi connectivity index (χ3v) is 1.55. The summed E-state index contributed by atoms with van der Waals surface area (Å²) >= 11 is 0. The van der Waals surface area contributed by atoms with Crippen LogP contribution in [-0.2, 0) is 4.79 Å². The Morgan fingerprint density at radius 2 is 1.83 bits per heavy atom. The molecule has 0 atom stereocenters. The fourth-order valence-corrected chi connectivity index (χ4v) is 1.00. The first-order chi connectivity index (χ1) is 5.79. The number of azo groups is 1. The molecule has 1 amide bonds. The maximum atomic E-state index is 11.0. The Labute approximate surface area is 71.2 Å². The lowest BCUT2D eigenvalue weighted by atomic mass is 10.1. The smallest absolute Gasteiger partial charge is 0.265 e. The van der Waals surface area contributed by atoms with Crippen LogP contribution < -0.4 is 0 Å². The van der Waals surface area contributed by atoms with Crippen molar-refractivity contribution >= 4 is 5.91 Å². The third kappa shape index (κ3) is 1.56. The minimum absolute atomic E-state index is 0.244. The number of hydrogen-bond acceptors (Lipinski definition) is 2. The molecule has 1 heterocycles. The van der Waals surface area contributed by atoms with E-state index in [-0.39, 0.29) is 5.91 Å². The molecule has 62 valence electrons. The van der Waals surface area contributed by atoms with Crippen LogP contribution in [0.4, 0.5) is 0 Å². The average molecular weight is 162 g/mol. The summed E-state index contributed by atoms with van der Waals surface area (Å²) in [5, 5.41) is 7.20. The van der Waals surface area contributed by atoms with Crippen molar-refractivity contribution in [1.29, 1.82) is 0 Å². The molecule has 0 fully saturated rings. The van der Waals surface area contributed by atoms with Crippen LogP contribution in [0.2, 0.25) is 0 Å². The monoisotopic (exact) mass is 162 g/mol. The Kier molecular flexibility index (Phi) is 2.69. The highest BCUT2D eigenvalue weighted by Crippen LogP contribution is 2.22. The van der Waals surface area contributed by atoms with Crippen molar-refractivity contribution in [2.24, 2.45) is 10.2 Å². The molecule has 1 rings (SSSR count). The topological polar surface area (TPSA) is 41.8 Å². The molecule has 0 spiro atoms. The van der Waals surface area contributed by atoms with Gasteiger partial charge in [-0.15, -0.1) is 18.3 Å². The number of amides is 1. The predicted octanol–water partition coefficient (Wildman–Crippen LogP) is 2.39. The van der Waals surface area contributed by atoms with E-state index in [2.05, 4.69) is 23.4 Å². The fourth-order valence-electron chi connectivity index (χ4n) is 1.00. The molecule has 0 aromatic carbocycles. The van der Waals surface area contributed by atoms with Gasteiger partial charge >= 0.3 is 0 Å². The van der Waals surface area contributed by atoms with E-state index in [9.17, 15) is 4.79 Å². The first-order valence-corrected chi connectivity index (χ1v) is 3.69. The molecule has 1 aliphatic heterocycles. The molecule has 0 bridgehead atoms. The van der Waals surface area contributed by atoms with Gasteiger partial charge in [-0.1, -0.05) is 12.2 Å². The summed E-state index contributed by atoms with van der Waals surface area (Å²) in [6.07, 6.45) is 4.51. The van der Waals surface area contributed by atoms with Crippen molar-refractivity contribution in [2.45, 2.75) is 12.8 Å². The Bertz CT molecular complexity index is 275. The quantitative estimate of drug-likeness (QED) is 0.585. The van der Waals surface area contributed by atoms with E-state index >= 15 is 0 Å². The Morgan fingerprint density at radius 1 is 1.17 bits per heavy atom. The summed E-state index contributed by atoms with van der Waals surface area (Å²) in [5.41, 5.74) is 1.36. The van der Waals surface area contributed by atoms with E-state index in [1.807, 2.05) is 0 Å². The van der Waals surface area contributed by atoms with Gasteiger partial charge in [0.2, 0.25) is 0 Å². The van der Waals surface area contributed by atoms with Gasteiger partial charge in [-0.05, 0) is 6.42 Å². The molecule has 3 nitrogen and oxygen atoms in total. The SMILES string of the molecule is C=CCC1=C(CC=C)C(=O)N=N1. The molecule has 0 aromatic heterocycles. The highest BCUT2D eigenvalue weighted by molar-refractivity contribution is 5.96. The van der Waals surface area contributed by atoms with E-state index < -0.39 is 0 Å². The normalized spacial score (nSPS) is 15.5. The predicted molar refractivity (Wildman–Crippen MR) is 46.5 cm³/mol. The van der Waals surface area contributed by atoms with Gasteiger partial charge in [-0.3, -0.25) is 4.79 Å². The van der Waals surface area contributed by atoms with Crippen LogP contribution in [0.3, 0.4) is 0 Å². The van der Waals surface area contributed by atoms with E-state index in [1.165, 1.54) is 0 Å². The molecule has 0 aromatic rings. The van der Waals surface area contributed by atoms with Crippen LogP contribution in [-0.4, -0.2) is 5.91 Å². The second-order valence-electron chi connectivity index (χ2n) is 2.42. The highest BCUT2D eigenvalue weighted by Gasteiger charge is 2.18. The first kappa shape index (κ1) is 8.59. The van der Waals surface area contributed by atoms with Gasteiger partial charge in [-0.25, -0.2) is 0 Å². The summed E-state index contributed by atoms with van der Waals surface area (Å²) in [6, 6.07) is 0. The van der Waals surface area contributed by atoms with E-state index in [4.69, 9.17) is 0 Å². The summed E-state index contributed by atoms with van der Waals surface area (Å²) in [6.45, 7) is 7.13. The van der Waals surface area contributed by atoms with Crippen molar-refractivity contribution in [1.82, 2.24) is 0 Å². The molecule has 0 N–H and O–H groups in total. The molecule has 0 aliphatic carbocycles. The van der Waals surface area contributed by atoms with Crippen LogP contribution in [0.5, 0.6) is 0 Å². The van der Waals surface area contributed by atoms with Crippen LogP contribution in [0, 0.1) is 0 Å². The van der Waals surface area contributed by atoms with E-state index in [1.54, 1.807) is 12.2 Å². The first-order valence-electron chi connectivity index (χ1n) is 3.69. The summed E-state index contributed by atoms with van der Waals surface area (Å²) in [4.78, 5) is 11.0. The average Bonchev–Trinajstić information content (AvgIpc) is 2.37. The Morgan fingerprint density at radius 3 is 2.42 bits per heavy atom. The molecule has 0 unspecified atom stereocenters. The van der Waals surface area contributed by atoms with Gasteiger partial charge < -0.3 is 0 Å². The van der Waals surface area contributed by atoms with Crippen molar-refractivity contribution in [2.75, 3.05) is 0 Å². The van der Waals surface area contributed by atoms with Gasteiger partial charge in [0.1, 0.15) is 0 Å². The van der Waals surface area contributed by atoms with E-state index in [0.29, 0.717) is 18.4 Å². The summed E-state index contributed by atoms with van der Waals surface area (Å²) in [7, 11) is 0. The standard InChI is InChI=1S/C9H10N2O/c1-3-5-7-8(6-4-2)10-11-9(7)12/h3-4H,1-2,5-6H2. The van der Waals surface area contributed by atoms with Gasteiger partial charge in [0.15, 0.2) is 0 Å². The number of rotatable bonds is 4. The summed E-state index contributed by atoms with van der Waals surface area (Å²) < 4.78 is 0.